The number of nitrogens with zero attached hydrogens (tertiary/aromatic N) is 3. The highest BCUT2D eigenvalue weighted by Gasteiger charge is 2.40. The van der Waals surface area contributed by atoms with Crippen LogP contribution >= 0.6 is 0 Å². The monoisotopic (exact) mass is 721 g/mol. The summed E-state index contributed by atoms with van der Waals surface area (Å²) < 4.78 is 0. The number of carbonyl (C=O) groups is 6. The Morgan fingerprint density at radius 3 is 0.706 bits per heavy atom. The van der Waals surface area contributed by atoms with Gasteiger partial charge in [0.2, 0.25) is 35.4 Å². The lowest BCUT2D eigenvalue weighted by atomic mass is 9.95. The average Bonchev–Trinajstić information content (AvgIpc) is 3.00. The summed E-state index contributed by atoms with van der Waals surface area (Å²) in [7, 11) is 4.71. The van der Waals surface area contributed by atoms with E-state index in [2.05, 4.69) is 16.0 Å². The molecule has 12 heteroatoms. The van der Waals surface area contributed by atoms with Crippen LogP contribution in [-0.4, -0.2) is 108 Å². The minimum absolute atomic E-state index is 0.0267. The molecule has 0 aromatic heterocycles. The van der Waals surface area contributed by atoms with Gasteiger partial charge in [0.25, 0.3) is 0 Å². The molecule has 0 bridgehead atoms. The molecule has 0 unspecified atom stereocenters. The summed E-state index contributed by atoms with van der Waals surface area (Å²) in [6, 6.07) is -5.62. The van der Waals surface area contributed by atoms with E-state index in [9.17, 15) is 28.8 Å². The number of amides is 6. The van der Waals surface area contributed by atoms with Gasteiger partial charge in [-0.1, -0.05) is 83.1 Å². The van der Waals surface area contributed by atoms with E-state index < -0.39 is 71.7 Å². The van der Waals surface area contributed by atoms with Crippen LogP contribution in [0.2, 0.25) is 0 Å². The van der Waals surface area contributed by atoms with Gasteiger partial charge in [-0.2, -0.15) is 0 Å². The van der Waals surface area contributed by atoms with Gasteiger partial charge in [0.1, 0.15) is 36.3 Å². The van der Waals surface area contributed by atoms with Crippen LogP contribution in [0.5, 0.6) is 0 Å². The van der Waals surface area contributed by atoms with Crippen LogP contribution in [0.1, 0.15) is 122 Å². The maximum absolute atomic E-state index is 14.3. The SMILES string of the molecule is CC(C)C[C@H]1NC(=O)[C@H](CC(C)C)N(C)C(=O)[C@@H](CC(C)C)NC(=O)[C@H](CC(C)C)N(C)C(=O)[C@@H](CC(C)C)NC(=O)[C@H](CC(C)C)N(C)C1=O. The molecule has 1 fully saturated rings. The molecule has 0 spiro atoms. The molecule has 1 aliphatic rings. The van der Waals surface area contributed by atoms with Crippen LogP contribution in [0.15, 0.2) is 0 Å². The Bertz CT molecular complexity index is 1040. The molecule has 0 aliphatic carbocycles. The molecule has 12 nitrogen and oxygen atoms in total. The van der Waals surface area contributed by atoms with Gasteiger partial charge in [-0.3, -0.25) is 28.8 Å². The average molecular weight is 721 g/mol. The minimum atomic E-state index is -0.954. The van der Waals surface area contributed by atoms with Crippen molar-refractivity contribution in [2.24, 2.45) is 35.5 Å². The van der Waals surface area contributed by atoms with Crippen molar-refractivity contribution in [3.63, 3.8) is 0 Å². The van der Waals surface area contributed by atoms with Gasteiger partial charge >= 0.3 is 0 Å². The third kappa shape index (κ3) is 14.4. The first-order valence-corrected chi connectivity index (χ1v) is 19.2. The molecule has 1 heterocycles. The Kier molecular flexibility index (Phi) is 18.7. The van der Waals surface area contributed by atoms with Gasteiger partial charge in [-0.05, 0) is 74.0 Å². The predicted octanol–water partition coefficient (Wildman–Crippen LogP) is 4.21. The molecule has 6 amide bonds. The van der Waals surface area contributed by atoms with Gasteiger partial charge in [-0.25, -0.2) is 0 Å². The molecule has 3 N–H and O–H groups in total. The molecule has 1 aliphatic heterocycles. The number of rotatable bonds is 12. The Morgan fingerprint density at radius 1 is 0.373 bits per heavy atom. The van der Waals surface area contributed by atoms with Gasteiger partial charge in [0.15, 0.2) is 0 Å². The lowest BCUT2D eigenvalue weighted by Gasteiger charge is -2.37. The molecule has 294 valence electrons. The summed E-state index contributed by atoms with van der Waals surface area (Å²) in [5.41, 5.74) is 0. The first kappa shape index (κ1) is 45.8. The van der Waals surface area contributed by atoms with Crippen molar-refractivity contribution in [1.29, 1.82) is 0 Å². The number of carbonyl (C=O) groups excluding carboxylic acids is 6. The zero-order valence-electron chi connectivity index (χ0n) is 34.5. The van der Waals surface area contributed by atoms with E-state index in [-0.39, 0.29) is 35.5 Å². The second-order valence-corrected chi connectivity index (χ2v) is 17.4. The van der Waals surface area contributed by atoms with Crippen LogP contribution in [-0.2, 0) is 28.8 Å². The zero-order valence-corrected chi connectivity index (χ0v) is 34.5. The molecule has 0 saturated carbocycles. The molecule has 1 rings (SSSR count). The lowest BCUT2D eigenvalue weighted by Crippen LogP contribution is -2.62. The molecule has 0 radical (unpaired) electrons. The van der Waals surface area contributed by atoms with E-state index in [4.69, 9.17) is 0 Å². The number of hydrogen-bond donors (Lipinski definition) is 3. The van der Waals surface area contributed by atoms with E-state index in [1.54, 1.807) is 21.1 Å². The molecular formula is C39H72N6O6. The van der Waals surface area contributed by atoms with Gasteiger partial charge in [-0.15, -0.1) is 0 Å². The largest absolute Gasteiger partial charge is 0.342 e. The van der Waals surface area contributed by atoms with Crippen molar-refractivity contribution >= 4 is 35.4 Å². The van der Waals surface area contributed by atoms with Crippen molar-refractivity contribution in [2.75, 3.05) is 21.1 Å². The van der Waals surface area contributed by atoms with E-state index >= 15 is 0 Å². The predicted molar refractivity (Wildman–Crippen MR) is 202 cm³/mol. The Morgan fingerprint density at radius 2 is 0.549 bits per heavy atom. The topological polar surface area (TPSA) is 148 Å². The summed E-state index contributed by atoms with van der Waals surface area (Å²) in [5.74, 6) is -2.47. The van der Waals surface area contributed by atoms with Crippen LogP contribution in [0.25, 0.3) is 0 Å². The number of nitrogens with one attached hydrogen (secondary N) is 3. The first-order valence-electron chi connectivity index (χ1n) is 19.2. The Labute approximate surface area is 308 Å². The molecular weight excluding hydrogens is 648 g/mol. The van der Waals surface area contributed by atoms with Crippen LogP contribution in [0, 0.1) is 35.5 Å². The highest BCUT2D eigenvalue weighted by Crippen LogP contribution is 2.21. The second kappa shape index (κ2) is 20.8. The van der Waals surface area contributed by atoms with Crippen LogP contribution < -0.4 is 16.0 Å². The number of hydrogen-bond acceptors (Lipinski definition) is 6. The molecule has 1 saturated heterocycles. The normalized spacial score (nSPS) is 25.7. The summed E-state index contributed by atoms with van der Waals surface area (Å²) in [4.78, 5) is 89.6. The van der Waals surface area contributed by atoms with Gasteiger partial charge in [0, 0.05) is 21.1 Å². The molecule has 6 atom stereocenters. The van der Waals surface area contributed by atoms with E-state index in [0.29, 0.717) is 38.5 Å². The Balaban J connectivity index is 4.03. The van der Waals surface area contributed by atoms with Gasteiger partial charge < -0.3 is 30.7 Å². The summed E-state index contributed by atoms with van der Waals surface area (Å²) >= 11 is 0. The minimum Gasteiger partial charge on any atom is -0.342 e. The molecule has 0 aromatic carbocycles. The third-order valence-electron chi connectivity index (χ3n) is 9.40. The second-order valence-electron chi connectivity index (χ2n) is 17.4. The van der Waals surface area contributed by atoms with Crippen LogP contribution in [0.3, 0.4) is 0 Å². The lowest BCUT2D eigenvalue weighted by molar-refractivity contribution is -0.148. The zero-order chi connectivity index (χ0) is 39.5. The van der Waals surface area contributed by atoms with Crippen LogP contribution in [0.4, 0.5) is 0 Å². The maximum Gasteiger partial charge on any atom is 0.245 e. The summed E-state index contributed by atoms with van der Waals surface area (Å²) in [6.07, 6.45) is 1.95. The fourth-order valence-electron chi connectivity index (χ4n) is 6.74. The fraction of sp³-hybridized carbons (Fsp3) is 0.846. The molecule has 51 heavy (non-hydrogen) atoms. The highest BCUT2D eigenvalue weighted by atomic mass is 16.2. The van der Waals surface area contributed by atoms with Crippen molar-refractivity contribution in [2.45, 2.75) is 158 Å². The first-order chi connectivity index (χ1) is 23.5. The van der Waals surface area contributed by atoms with Gasteiger partial charge in [0.05, 0.1) is 0 Å². The van der Waals surface area contributed by atoms with Crippen molar-refractivity contribution < 1.29 is 28.8 Å². The Hall–Kier alpha value is -3.18. The molecule has 0 aromatic rings. The van der Waals surface area contributed by atoms with Crippen molar-refractivity contribution in [3.8, 4) is 0 Å². The van der Waals surface area contributed by atoms with E-state index in [1.165, 1.54) is 14.7 Å². The maximum atomic E-state index is 14.3. The standard InChI is InChI=1S/C39H72N6O6/c1-22(2)16-28-37(49)43(13)32(20-26(9)10)35(47)41-30(18-24(5)6)39(51)45(15)33(21-27(11)12)36(48)42-29(17-23(3)4)38(50)44(14)31(19-25(7)8)34(46)40-28/h22-33H,16-21H2,1-15H3,(H,40,46)(H,41,47)(H,42,48)/t28-,29-,30-,31+,32+,33+/m1/s1. The highest BCUT2D eigenvalue weighted by molar-refractivity contribution is 5.98. The number of likely N-dealkylation sites (N-methyl/N-ethyl adjacent to an activating group) is 3. The van der Waals surface area contributed by atoms with E-state index in [0.717, 1.165) is 0 Å². The fourth-order valence-corrected chi connectivity index (χ4v) is 6.74. The summed E-state index contributed by atoms with van der Waals surface area (Å²) in [6.45, 7) is 23.5. The quantitative estimate of drug-likeness (QED) is 0.275. The summed E-state index contributed by atoms with van der Waals surface area (Å²) in [5, 5.41) is 8.89. The van der Waals surface area contributed by atoms with Crippen molar-refractivity contribution in [1.82, 2.24) is 30.7 Å². The van der Waals surface area contributed by atoms with E-state index in [1.807, 2.05) is 83.1 Å². The third-order valence-corrected chi connectivity index (χ3v) is 9.40. The van der Waals surface area contributed by atoms with Crippen molar-refractivity contribution in [3.05, 3.63) is 0 Å². The smallest absolute Gasteiger partial charge is 0.245 e.